The van der Waals surface area contributed by atoms with Crippen LogP contribution >= 0.6 is 0 Å². The van der Waals surface area contributed by atoms with Crippen molar-refractivity contribution in [2.75, 3.05) is 6.54 Å². The number of nitrogens with zero attached hydrogens (tertiary/aromatic N) is 1. The molecule has 23 heavy (non-hydrogen) atoms. The largest absolute Gasteiger partial charge is 0.445 e. The van der Waals surface area contributed by atoms with Crippen LogP contribution in [0.2, 0.25) is 0 Å². The molecule has 3 rings (SSSR count). The molecule has 0 spiro atoms. The number of hydrogen-bond acceptors (Lipinski definition) is 2. The Hall–Kier alpha value is -2.55. The minimum absolute atomic E-state index is 0.0146. The molecule has 0 unspecified atom stereocenters. The maximum absolute atomic E-state index is 12.5. The zero-order valence-electron chi connectivity index (χ0n) is 13.2. The molecule has 1 aliphatic rings. The van der Waals surface area contributed by atoms with Gasteiger partial charge in [0.1, 0.15) is 6.61 Å². The maximum Gasteiger partial charge on any atom is 0.410 e. The standard InChI is InChI=1S/C20H21NO2/c1-16-12-13-21(19(14-16)18-10-6-3-7-11-18)20(22)23-15-17-8-4-2-5-9-17/h2-11,19H,1,12-15H2/t19-/m0/s1. The molecular weight excluding hydrogens is 286 g/mol. The van der Waals surface area contributed by atoms with Crippen LogP contribution in [-0.4, -0.2) is 17.5 Å². The highest BCUT2D eigenvalue weighted by atomic mass is 16.6. The molecule has 1 heterocycles. The van der Waals surface area contributed by atoms with Crippen molar-refractivity contribution >= 4 is 6.09 Å². The number of ether oxygens (including phenoxy) is 1. The first-order valence-electron chi connectivity index (χ1n) is 7.93. The van der Waals surface area contributed by atoms with Gasteiger partial charge in [0.05, 0.1) is 6.04 Å². The van der Waals surface area contributed by atoms with Gasteiger partial charge in [-0.25, -0.2) is 4.79 Å². The van der Waals surface area contributed by atoms with Gasteiger partial charge in [0.2, 0.25) is 0 Å². The second kappa shape index (κ2) is 7.14. The molecule has 3 nitrogen and oxygen atoms in total. The Morgan fingerprint density at radius 3 is 2.43 bits per heavy atom. The number of hydrogen-bond donors (Lipinski definition) is 0. The van der Waals surface area contributed by atoms with Crippen molar-refractivity contribution in [3.05, 3.63) is 83.9 Å². The highest BCUT2D eigenvalue weighted by molar-refractivity contribution is 5.68. The number of benzene rings is 2. The van der Waals surface area contributed by atoms with E-state index >= 15 is 0 Å². The summed E-state index contributed by atoms with van der Waals surface area (Å²) < 4.78 is 5.51. The fourth-order valence-electron chi connectivity index (χ4n) is 2.91. The number of carbonyl (C=O) groups excluding carboxylic acids is 1. The molecule has 0 saturated carbocycles. The Balaban J connectivity index is 1.70. The average Bonchev–Trinajstić information content (AvgIpc) is 2.61. The highest BCUT2D eigenvalue weighted by Crippen LogP contribution is 2.33. The van der Waals surface area contributed by atoms with Gasteiger partial charge in [0, 0.05) is 6.54 Å². The summed E-state index contributed by atoms with van der Waals surface area (Å²) in [5.41, 5.74) is 3.31. The lowest BCUT2D eigenvalue weighted by molar-refractivity contribution is 0.0747. The molecule has 1 fully saturated rings. The number of carbonyl (C=O) groups is 1. The van der Waals surface area contributed by atoms with E-state index in [9.17, 15) is 4.79 Å². The van der Waals surface area contributed by atoms with Crippen LogP contribution in [0.15, 0.2) is 72.8 Å². The maximum atomic E-state index is 12.5. The van der Waals surface area contributed by atoms with Gasteiger partial charge in [-0.2, -0.15) is 0 Å². The zero-order valence-corrected chi connectivity index (χ0v) is 13.2. The van der Waals surface area contributed by atoms with Crippen molar-refractivity contribution in [1.29, 1.82) is 0 Å². The Bertz CT molecular complexity index is 667. The lowest BCUT2D eigenvalue weighted by Crippen LogP contribution is -2.39. The Morgan fingerprint density at radius 1 is 1.09 bits per heavy atom. The smallest absolute Gasteiger partial charge is 0.410 e. The van der Waals surface area contributed by atoms with Gasteiger partial charge in [-0.05, 0) is 24.0 Å². The van der Waals surface area contributed by atoms with Gasteiger partial charge in [-0.3, -0.25) is 0 Å². The minimum atomic E-state index is -0.254. The van der Waals surface area contributed by atoms with Gasteiger partial charge in [0.15, 0.2) is 0 Å². The van der Waals surface area contributed by atoms with Crippen LogP contribution in [0.25, 0.3) is 0 Å². The molecule has 1 atom stereocenters. The summed E-state index contributed by atoms with van der Waals surface area (Å²) in [5, 5.41) is 0. The van der Waals surface area contributed by atoms with Gasteiger partial charge >= 0.3 is 6.09 Å². The monoisotopic (exact) mass is 307 g/mol. The van der Waals surface area contributed by atoms with Gasteiger partial charge in [0.25, 0.3) is 0 Å². The lowest BCUT2D eigenvalue weighted by atomic mass is 9.93. The van der Waals surface area contributed by atoms with Crippen LogP contribution in [0.3, 0.4) is 0 Å². The number of piperidine rings is 1. The lowest BCUT2D eigenvalue weighted by Gasteiger charge is -2.36. The molecule has 0 aromatic heterocycles. The number of amides is 1. The minimum Gasteiger partial charge on any atom is -0.445 e. The van der Waals surface area contributed by atoms with E-state index in [0.29, 0.717) is 13.2 Å². The summed E-state index contributed by atoms with van der Waals surface area (Å²) >= 11 is 0. The van der Waals surface area contributed by atoms with Crippen LogP contribution in [0.5, 0.6) is 0 Å². The summed E-state index contributed by atoms with van der Waals surface area (Å²) in [4.78, 5) is 14.4. The molecular formula is C20H21NO2. The highest BCUT2D eigenvalue weighted by Gasteiger charge is 2.30. The van der Waals surface area contributed by atoms with Crippen molar-refractivity contribution in [3.63, 3.8) is 0 Å². The third-order valence-corrected chi connectivity index (χ3v) is 4.19. The van der Waals surface area contributed by atoms with Crippen molar-refractivity contribution in [2.45, 2.75) is 25.5 Å². The molecule has 1 saturated heterocycles. The second-order valence-electron chi connectivity index (χ2n) is 5.86. The summed E-state index contributed by atoms with van der Waals surface area (Å²) in [6, 6.07) is 19.9. The van der Waals surface area contributed by atoms with E-state index in [0.717, 1.165) is 24.0 Å². The van der Waals surface area contributed by atoms with Crippen molar-refractivity contribution in [3.8, 4) is 0 Å². The molecule has 2 aromatic carbocycles. The topological polar surface area (TPSA) is 29.5 Å². The molecule has 0 bridgehead atoms. The fraction of sp³-hybridized carbons (Fsp3) is 0.250. The first-order valence-corrected chi connectivity index (χ1v) is 7.93. The van der Waals surface area contributed by atoms with Crippen LogP contribution in [-0.2, 0) is 11.3 Å². The van der Waals surface area contributed by atoms with Crippen molar-refractivity contribution in [2.24, 2.45) is 0 Å². The van der Waals surface area contributed by atoms with Crippen LogP contribution in [0.1, 0.15) is 30.0 Å². The number of rotatable bonds is 3. The van der Waals surface area contributed by atoms with Crippen molar-refractivity contribution < 1.29 is 9.53 Å². The quantitative estimate of drug-likeness (QED) is 0.768. The van der Waals surface area contributed by atoms with Gasteiger partial charge < -0.3 is 9.64 Å². The molecule has 2 aromatic rings. The van der Waals surface area contributed by atoms with Gasteiger partial charge in [-0.1, -0.05) is 72.8 Å². The van der Waals surface area contributed by atoms with Crippen LogP contribution in [0, 0.1) is 0 Å². The predicted molar refractivity (Wildman–Crippen MR) is 90.9 cm³/mol. The van der Waals surface area contributed by atoms with E-state index < -0.39 is 0 Å². The third kappa shape index (κ3) is 3.81. The van der Waals surface area contributed by atoms with E-state index in [2.05, 4.69) is 18.7 Å². The van der Waals surface area contributed by atoms with E-state index in [1.807, 2.05) is 53.4 Å². The molecule has 0 radical (unpaired) electrons. The Kier molecular flexibility index (Phi) is 4.77. The molecule has 0 N–H and O–H groups in total. The molecule has 0 aliphatic carbocycles. The van der Waals surface area contributed by atoms with Crippen LogP contribution in [0.4, 0.5) is 4.79 Å². The molecule has 3 heteroatoms. The number of likely N-dealkylation sites (tertiary alicyclic amines) is 1. The van der Waals surface area contributed by atoms with E-state index in [1.54, 1.807) is 0 Å². The molecule has 1 amide bonds. The molecule has 118 valence electrons. The van der Waals surface area contributed by atoms with Gasteiger partial charge in [-0.15, -0.1) is 0 Å². The second-order valence-corrected chi connectivity index (χ2v) is 5.86. The summed E-state index contributed by atoms with van der Waals surface area (Å²) in [7, 11) is 0. The molecule has 1 aliphatic heterocycles. The Morgan fingerprint density at radius 2 is 1.74 bits per heavy atom. The SMILES string of the molecule is C=C1CCN(C(=O)OCc2ccccc2)[C@H](c2ccccc2)C1. The fourth-order valence-corrected chi connectivity index (χ4v) is 2.91. The normalized spacial score (nSPS) is 17.8. The Labute approximate surface area is 137 Å². The zero-order chi connectivity index (χ0) is 16.1. The van der Waals surface area contributed by atoms with E-state index in [4.69, 9.17) is 4.74 Å². The average molecular weight is 307 g/mol. The van der Waals surface area contributed by atoms with Crippen molar-refractivity contribution in [1.82, 2.24) is 4.90 Å². The summed E-state index contributed by atoms with van der Waals surface area (Å²) in [6.45, 7) is 5.06. The third-order valence-electron chi connectivity index (χ3n) is 4.19. The van der Waals surface area contributed by atoms with E-state index in [1.165, 1.54) is 5.57 Å². The first-order chi connectivity index (χ1) is 11.2. The van der Waals surface area contributed by atoms with E-state index in [-0.39, 0.29) is 12.1 Å². The summed E-state index contributed by atoms with van der Waals surface area (Å²) in [5.74, 6) is 0. The predicted octanol–water partition coefficient (Wildman–Crippen LogP) is 4.72. The first kappa shape index (κ1) is 15.3. The van der Waals surface area contributed by atoms with Crippen LogP contribution < -0.4 is 0 Å². The summed E-state index contributed by atoms with van der Waals surface area (Å²) in [6.07, 6.45) is 1.38.